The first kappa shape index (κ1) is 19.6. The van der Waals surface area contributed by atoms with Crippen LogP contribution in [0.25, 0.3) is 0 Å². The molecule has 0 atom stereocenters. The monoisotopic (exact) mass is 398 g/mol. The van der Waals surface area contributed by atoms with Crippen LogP contribution in [0.2, 0.25) is 0 Å². The Bertz CT molecular complexity index is 830. The van der Waals surface area contributed by atoms with Crippen LogP contribution in [0.1, 0.15) is 25.3 Å². The summed E-state index contributed by atoms with van der Waals surface area (Å²) >= 11 is 0.800. The average molecular weight is 398 g/mol. The molecule has 0 unspecified atom stereocenters. The summed E-state index contributed by atoms with van der Waals surface area (Å²) in [6, 6.07) is 4.01. The van der Waals surface area contributed by atoms with Crippen LogP contribution in [0.5, 0.6) is 0 Å². The summed E-state index contributed by atoms with van der Waals surface area (Å²) in [7, 11) is 0. The van der Waals surface area contributed by atoms with Crippen molar-refractivity contribution < 1.29 is 13.2 Å². The van der Waals surface area contributed by atoms with Gasteiger partial charge in [0.2, 0.25) is 0 Å². The molecule has 1 saturated heterocycles. The second-order valence-electron chi connectivity index (χ2n) is 6.88. The minimum absolute atomic E-state index is 0.0619. The standard InChI is InChI=1S/C17H21F3N6S/c1-16(23)5-7-26(8-6-16)12-9-24-15(14(22)25-12)27-11-4-2-3-10(21)13(11)17(18,19)20/h2-4,9H,5-8,21,23H2,1H3,(H2,22,25). The molecule has 1 aliphatic rings. The summed E-state index contributed by atoms with van der Waals surface area (Å²) in [6.45, 7) is 3.45. The number of hydrogen-bond acceptors (Lipinski definition) is 7. The van der Waals surface area contributed by atoms with Gasteiger partial charge in [0.1, 0.15) is 10.8 Å². The van der Waals surface area contributed by atoms with Crippen LogP contribution in [-0.4, -0.2) is 28.6 Å². The molecule has 27 heavy (non-hydrogen) atoms. The molecule has 10 heteroatoms. The van der Waals surface area contributed by atoms with E-state index in [0.29, 0.717) is 5.82 Å². The van der Waals surface area contributed by atoms with E-state index >= 15 is 0 Å². The second-order valence-corrected chi connectivity index (χ2v) is 7.91. The minimum atomic E-state index is -4.57. The third kappa shape index (κ3) is 4.38. The number of nitrogens with two attached hydrogens (primary N) is 3. The Kier molecular flexibility index (Phi) is 5.13. The number of aromatic nitrogens is 2. The number of nitrogens with zero attached hydrogens (tertiary/aromatic N) is 3. The molecule has 1 aromatic heterocycles. The maximum absolute atomic E-state index is 13.3. The number of rotatable bonds is 3. The number of benzene rings is 1. The van der Waals surface area contributed by atoms with Gasteiger partial charge >= 0.3 is 6.18 Å². The van der Waals surface area contributed by atoms with Crippen molar-refractivity contribution in [3.05, 3.63) is 30.0 Å². The summed E-state index contributed by atoms with van der Waals surface area (Å²) in [5.74, 6) is 0.671. The molecular formula is C17H21F3N6S. The van der Waals surface area contributed by atoms with Crippen LogP contribution in [-0.2, 0) is 6.18 Å². The molecule has 0 spiro atoms. The number of piperidine rings is 1. The maximum atomic E-state index is 13.3. The van der Waals surface area contributed by atoms with E-state index in [1.807, 2.05) is 11.8 Å². The molecule has 0 aliphatic carbocycles. The third-order valence-electron chi connectivity index (χ3n) is 4.53. The molecule has 1 aromatic carbocycles. The summed E-state index contributed by atoms with van der Waals surface area (Å²) in [4.78, 5) is 10.5. The predicted molar refractivity (Wildman–Crippen MR) is 100 cm³/mol. The zero-order chi connectivity index (χ0) is 19.8. The van der Waals surface area contributed by atoms with Crippen molar-refractivity contribution in [3.8, 4) is 0 Å². The van der Waals surface area contributed by atoms with E-state index in [-0.39, 0.29) is 27.0 Å². The van der Waals surface area contributed by atoms with Crippen molar-refractivity contribution in [3.63, 3.8) is 0 Å². The number of halogens is 3. The average Bonchev–Trinajstić information content (AvgIpc) is 2.55. The number of alkyl halides is 3. The van der Waals surface area contributed by atoms with Gasteiger partial charge in [0, 0.05) is 29.2 Å². The summed E-state index contributed by atoms with van der Waals surface area (Å²) in [5.41, 5.74) is 16.2. The Hall–Kier alpha value is -2.20. The Morgan fingerprint density at radius 1 is 1.19 bits per heavy atom. The van der Waals surface area contributed by atoms with E-state index in [0.717, 1.165) is 37.7 Å². The van der Waals surface area contributed by atoms with E-state index in [4.69, 9.17) is 17.2 Å². The van der Waals surface area contributed by atoms with Crippen LogP contribution in [0.3, 0.4) is 0 Å². The van der Waals surface area contributed by atoms with Crippen LogP contribution < -0.4 is 22.1 Å². The van der Waals surface area contributed by atoms with E-state index in [9.17, 15) is 13.2 Å². The van der Waals surface area contributed by atoms with Crippen molar-refractivity contribution in [2.75, 3.05) is 29.5 Å². The predicted octanol–water partition coefficient (Wildman–Crippen LogP) is 3.13. The summed E-state index contributed by atoms with van der Waals surface area (Å²) in [6.07, 6.45) is -1.43. The molecule has 1 aliphatic heterocycles. The largest absolute Gasteiger partial charge is 0.419 e. The molecule has 0 radical (unpaired) electrons. The van der Waals surface area contributed by atoms with Crippen molar-refractivity contribution in [1.82, 2.24) is 9.97 Å². The van der Waals surface area contributed by atoms with Crippen molar-refractivity contribution in [2.24, 2.45) is 5.73 Å². The van der Waals surface area contributed by atoms with Crippen molar-refractivity contribution in [2.45, 2.75) is 41.4 Å². The highest BCUT2D eigenvalue weighted by Gasteiger charge is 2.36. The van der Waals surface area contributed by atoms with Gasteiger partial charge in [-0.15, -0.1) is 0 Å². The first-order valence-electron chi connectivity index (χ1n) is 8.37. The molecule has 3 rings (SSSR count). The molecule has 0 saturated carbocycles. The van der Waals surface area contributed by atoms with Gasteiger partial charge < -0.3 is 22.1 Å². The Labute approximate surface area is 159 Å². The molecule has 2 heterocycles. The lowest BCUT2D eigenvalue weighted by Gasteiger charge is -2.37. The topological polar surface area (TPSA) is 107 Å². The Morgan fingerprint density at radius 2 is 1.85 bits per heavy atom. The van der Waals surface area contributed by atoms with Gasteiger partial charge in [0.05, 0.1) is 11.8 Å². The van der Waals surface area contributed by atoms with Gasteiger partial charge in [0.25, 0.3) is 0 Å². The molecular weight excluding hydrogens is 377 g/mol. The summed E-state index contributed by atoms with van der Waals surface area (Å²) in [5, 5.41) is 0.204. The zero-order valence-corrected chi connectivity index (χ0v) is 15.6. The summed E-state index contributed by atoms with van der Waals surface area (Å²) < 4.78 is 39.9. The van der Waals surface area contributed by atoms with E-state index < -0.39 is 11.7 Å². The normalized spacial score (nSPS) is 17.1. The quantitative estimate of drug-likeness (QED) is 0.682. The first-order valence-corrected chi connectivity index (χ1v) is 9.18. The van der Waals surface area contributed by atoms with Crippen LogP contribution >= 0.6 is 11.8 Å². The van der Waals surface area contributed by atoms with Gasteiger partial charge in [0.15, 0.2) is 5.82 Å². The molecule has 0 amide bonds. The van der Waals surface area contributed by atoms with Crippen molar-refractivity contribution >= 4 is 29.1 Å². The third-order valence-corrected chi connectivity index (χ3v) is 5.60. The van der Waals surface area contributed by atoms with Gasteiger partial charge in [-0.2, -0.15) is 13.2 Å². The highest BCUT2D eigenvalue weighted by molar-refractivity contribution is 7.99. The fraction of sp³-hybridized carbons (Fsp3) is 0.412. The fourth-order valence-electron chi connectivity index (χ4n) is 2.90. The highest BCUT2D eigenvalue weighted by atomic mass is 32.2. The maximum Gasteiger partial charge on any atom is 0.419 e. The number of nitrogen functional groups attached to an aromatic ring is 2. The van der Waals surface area contributed by atoms with E-state index in [1.54, 1.807) is 0 Å². The smallest absolute Gasteiger partial charge is 0.398 e. The number of hydrogen-bond donors (Lipinski definition) is 3. The lowest BCUT2D eigenvalue weighted by atomic mass is 9.91. The first-order chi connectivity index (χ1) is 12.6. The molecule has 2 aromatic rings. The van der Waals surface area contributed by atoms with Gasteiger partial charge in [-0.3, -0.25) is 0 Å². The molecule has 6 N–H and O–H groups in total. The Morgan fingerprint density at radius 3 is 2.44 bits per heavy atom. The van der Waals surface area contributed by atoms with Gasteiger partial charge in [-0.25, -0.2) is 9.97 Å². The number of anilines is 3. The Balaban J connectivity index is 1.83. The molecule has 1 fully saturated rings. The minimum Gasteiger partial charge on any atom is -0.398 e. The SMILES string of the molecule is CC1(N)CCN(c2cnc(Sc3cccc(N)c3C(F)(F)F)c(N)n2)CC1. The zero-order valence-electron chi connectivity index (χ0n) is 14.8. The second kappa shape index (κ2) is 7.08. The van der Waals surface area contributed by atoms with Gasteiger partial charge in [-0.1, -0.05) is 17.8 Å². The fourth-order valence-corrected chi connectivity index (χ4v) is 3.85. The van der Waals surface area contributed by atoms with Gasteiger partial charge in [-0.05, 0) is 31.9 Å². The van der Waals surface area contributed by atoms with Crippen molar-refractivity contribution in [1.29, 1.82) is 0 Å². The van der Waals surface area contributed by atoms with Crippen LogP contribution in [0, 0.1) is 0 Å². The van der Waals surface area contributed by atoms with E-state index in [2.05, 4.69) is 9.97 Å². The lowest BCUT2D eigenvalue weighted by Crippen LogP contribution is -2.48. The van der Waals surface area contributed by atoms with Crippen LogP contribution in [0.15, 0.2) is 34.3 Å². The molecule has 6 nitrogen and oxygen atoms in total. The van der Waals surface area contributed by atoms with Crippen LogP contribution in [0.4, 0.5) is 30.5 Å². The highest BCUT2D eigenvalue weighted by Crippen LogP contribution is 2.43. The molecule has 146 valence electrons. The lowest BCUT2D eigenvalue weighted by molar-refractivity contribution is -0.139. The van der Waals surface area contributed by atoms with E-state index in [1.165, 1.54) is 24.4 Å². The molecule has 0 bridgehead atoms.